The predicted octanol–water partition coefficient (Wildman–Crippen LogP) is 1.42. The van der Waals surface area contributed by atoms with Crippen LogP contribution in [0.1, 0.15) is 5.56 Å². The predicted molar refractivity (Wildman–Crippen MR) is 57.5 cm³/mol. The second-order valence-electron chi connectivity index (χ2n) is 3.26. The molecule has 4 N–H and O–H groups in total. The average molecular weight is 191 g/mol. The van der Waals surface area contributed by atoms with Crippen LogP contribution in [-0.4, -0.2) is 11.5 Å². The van der Waals surface area contributed by atoms with Crippen molar-refractivity contribution in [3.8, 4) is 5.88 Å². The lowest BCUT2D eigenvalue weighted by molar-refractivity contribution is 0.391. The Balaban J connectivity index is 2.88. The van der Waals surface area contributed by atoms with Crippen LogP contribution in [0.25, 0.3) is 5.52 Å². The first-order valence-corrected chi connectivity index (χ1v) is 4.34. The second-order valence-corrected chi connectivity index (χ2v) is 3.26. The first-order valence-electron chi connectivity index (χ1n) is 4.34. The van der Waals surface area contributed by atoms with E-state index in [1.807, 2.05) is 29.7 Å². The summed E-state index contributed by atoms with van der Waals surface area (Å²) in [6.45, 7) is 1.93. The molecule has 2 heterocycles. The number of methoxy groups -OCH3 is 1. The van der Waals surface area contributed by atoms with Crippen molar-refractivity contribution in [2.45, 2.75) is 6.92 Å². The number of hydrogen-bond acceptors (Lipinski definition) is 3. The van der Waals surface area contributed by atoms with E-state index in [0.29, 0.717) is 11.4 Å². The van der Waals surface area contributed by atoms with E-state index in [4.69, 9.17) is 16.2 Å². The lowest BCUT2D eigenvalue weighted by atomic mass is 10.3. The average Bonchev–Trinajstić information content (AvgIpc) is 2.41. The Bertz CT molecular complexity index is 488. The highest BCUT2D eigenvalue weighted by atomic mass is 16.5. The van der Waals surface area contributed by atoms with Crippen LogP contribution in [0.2, 0.25) is 0 Å². The molecule has 0 aliphatic carbocycles. The first kappa shape index (κ1) is 8.74. The van der Waals surface area contributed by atoms with Gasteiger partial charge < -0.3 is 16.2 Å². The number of aromatic nitrogens is 1. The van der Waals surface area contributed by atoms with Crippen LogP contribution in [0.4, 0.5) is 11.4 Å². The Morgan fingerprint density at radius 1 is 1.36 bits per heavy atom. The molecule has 0 saturated heterocycles. The van der Waals surface area contributed by atoms with Gasteiger partial charge in [0, 0.05) is 17.4 Å². The van der Waals surface area contributed by atoms with Gasteiger partial charge in [-0.25, -0.2) is 0 Å². The highest BCUT2D eigenvalue weighted by Crippen LogP contribution is 2.31. The number of ether oxygens (including phenoxy) is 1. The van der Waals surface area contributed by atoms with Gasteiger partial charge in [0.15, 0.2) is 0 Å². The van der Waals surface area contributed by atoms with Gasteiger partial charge in [0.1, 0.15) is 0 Å². The second kappa shape index (κ2) is 2.83. The summed E-state index contributed by atoms with van der Waals surface area (Å²) >= 11 is 0. The molecule has 0 aromatic carbocycles. The summed E-state index contributed by atoms with van der Waals surface area (Å²) in [6.07, 6.45) is 1.85. The van der Waals surface area contributed by atoms with Crippen molar-refractivity contribution < 1.29 is 4.74 Å². The van der Waals surface area contributed by atoms with Crippen molar-refractivity contribution in [3.05, 3.63) is 23.9 Å². The number of nitrogens with two attached hydrogens (primary N) is 2. The van der Waals surface area contributed by atoms with E-state index < -0.39 is 0 Å². The third kappa shape index (κ3) is 1.00. The van der Waals surface area contributed by atoms with Crippen molar-refractivity contribution in [1.82, 2.24) is 4.40 Å². The lowest BCUT2D eigenvalue weighted by Gasteiger charge is -2.01. The fourth-order valence-corrected chi connectivity index (χ4v) is 1.64. The summed E-state index contributed by atoms with van der Waals surface area (Å²) in [6, 6.07) is 3.65. The molecule has 2 aromatic rings. The highest BCUT2D eigenvalue weighted by Gasteiger charge is 2.12. The molecule has 4 heteroatoms. The van der Waals surface area contributed by atoms with Crippen LogP contribution in [0, 0.1) is 6.92 Å². The van der Waals surface area contributed by atoms with Gasteiger partial charge in [-0.15, -0.1) is 0 Å². The minimum absolute atomic E-state index is 0.698. The zero-order chi connectivity index (χ0) is 10.3. The molecular weight excluding hydrogens is 178 g/mol. The molecule has 0 saturated carbocycles. The lowest BCUT2D eigenvalue weighted by Crippen LogP contribution is -1.92. The number of nitrogen functional groups attached to an aromatic ring is 2. The highest BCUT2D eigenvalue weighted by molar-refractivity contribution is 5.79. The fraction of sp³-hybridized carbons (Fsp3) is 0.200. The summed E-state index contributed by atoms with van der Waals surface area (Å²) in [5.74, 6) is 0.762. The molecule has 14 heavy (non-hydrogen) atoms. The minimum atomic E-state index is 0.698. The maximum atomic E-state index is 5.93. The number of anilines is 2. The van der Waals surface area contributed by atoms with Crippen LogP contribution in [0.5, 0.6) is 5.88 Å². The zero-order valence-electron chi connectivity index (χ0n) is 8.24. The SMILES string of the molecule is COc1c(C)c(N)c2cc(N)ccn12. The molecule has 0 bridgehead atoms. The van der Waals surface area contributed by atoms with E-state index in [1.54, 1.807) is 7.11 Å². The molecule has 4 nitrogen and oxygen atoms in total. The van der Waals surface area contributed by atoms with E-state index in [1.165, 1.54) is 0 Å². The van der Waals surface area contributed by atoms with Gasteiger partial charge in [0.25, 0.3) is 0 Å². The third-order valence-corrected chi connectivity index (χ3v) is 2.39. The van der Waals surface area contributed by atoms with Crippen LogP contribution in [0.3, 0.4) is 0 Å². The summed E-state index contributed by atoms with van der Waals surface area (Å²) in [7, 11) is 1.63. The van der Waals surface area contributed by atoms with E-state index >= 15 is 0 Å². The molecule has 2 rings (SSSR count). The molecule has 0 aliphatic rings. The molecule has 74 valence electrons. The van der Waals surface area contributed by atoms with E-state index in [9.17, 15) is 0 Å². The van der Waals surface area contributed by atoms with Crippen LogP contribution in [-0.2, 0) is 0 Å². The maximum Gasteiger partial charge on any atom is 0.203 e. The van der Waals surface area contributed by atoms with E-state index in [-0.39, 0.29) is 0 Å². The number of pyridine rings is 1. The molecule has 0 spiro atoms. The fourth-order valence-electron chi connectivity index (χ4n) is 1.64. The Kier molecular flexibility index (Phi) is 1.77. The molecule has 0 aliphatic heterocycles. The topological polar surface area (TPSA) is 65.7 Å². The smallest absolute Gasteiger partial charge is 0.203 e. The van der Waals surface area contributed by atoms with Crippen molar-refractivity contribution in [1.29, 1.82) is 0 Å². The Morgan fingerprint density at radius 2 is 2.07 bits per heavy atom. The Labute approximate surface area is 82.1 Å². The molecule has 0 amide bonds. The standard InChI is InChI=1S/C10H13N3O/c1-6-9(12)8-5-7(11)3-4-13(8)10(6)14-2/h3-5H,11-12H2,1-2H3. The van der Waals surface area contributed by atoms with E-state index in [2.05, 4.69) is 0 Å². The van der Waals surface area contributed by atoms with Gasteiger partial charge in [-0.2, -0.15) is 0 Å². The number of hydrogen-bond donors (Lipinski definition) is 2. The number of nitrogens with zero attached hydrogens (tertiary/aromatic N) is 1. The van der Waals surface area contributed by atoms with Crippen molar-refractivity contribution in [2.24, 2.45) is 0 Å². The van der Waals surface area contributed by atoms with Gasteiger partial charge in [0.05, 0.1) is 18.3 Å². The summed E-state index contributed by atoms with van der Waals surface area (Å²) < 4.78 is 7.15. The number of rotatable bonds is 1. The van der Waals surface area contributed by atoms with Crippen LogP contribution < -0.4 is 16.2 Å². The number of fused-ring (bicyclic) bond motifs is 1. The largest absolute Gasteiger partial charge is 0.482 e. The third-order valence-electron chi connectivity index (χ3n) is 2.39. The summed E-state index contributed by atoms with van der Waals surface area (Å²) in [5.41, 5.74) is 14.9. The molecular formula is C10H13N3O. The first-order chi connectivity index (χ1) is 6.65. The Hall–Kier alpha value is -1.84. The Morgan fingerprint density at radius 3 is 2.71 bits per heavy atom. The maximum absolute atomic E-state index is 5.93. The van der Waals surface area contributed by atoms with Crippen LogP contribution in [0.15, 0.2) is 18.3 Å². The van der Waals surface area contributed by atoms with E-state index in [0.717, 1.165) is 17.0 Å². The molecule has 0 unspecified atom stereocenters. The van der Waals surface area contributed by atoms with Crippen molar-refractivity contribution in [2.75, 3.05) is 18.6 Å². The monoisotopic (exact) mass is 191 g/mol. The molecule has 0 fully saturated rings. The van der Waals surface area contributed by atoms with Crippen molar-refractivity contribution in [3.63, 3.8) is 0 Å². The molecule has 2 aromatic heterocycles. The van der Waals surface area contributed by atoms with Crippen LogP contribution >= 0.6 is 0 Å². The minimum Gasteiger partial charge on any atom is -0.482 e. The van der Waals surface area contributed by atoms with Gasteiger partial charge in [-0.1, -0.05) is 0 Å². The van der Waals surface area contributed by atoms with Gasteiger partial charge >= 0.3 is 0 Å². The molecule has 0 atom stereocenters. The molecule has 0 radical (unpaired) electrons. The van der Waals surface area contributed by atoms with Crippen molar-refractivity contribution >= 4 is 16.9 Å². The van der Waals surface area contributed by atoms with Gasteiger partial charge in [-0.05, 0) is 19.1 Å². The summed E-state index contributed by atoms with van der Waals surface area (Å²) in [5, 5.41) is 0. The quantitative estimate of drug-likeness (QED) is 0.716. The van der Waals surface area contributed by atoms with Gasteiger partial charge in [0.2, 0.25) is 5.88 Å². The normalized spacial score (nSPS) is 10.7. The summed E-state index contributed by atoms with van der Waals surface area (Å²) in [4.78, 5) is 0. The zero-order valence-corrected chi connectivity index (χ0v) is 8.24. The van der Waals surface area contributed by atoms with Gasteiger partial charge in [-0.3, -0.25) is 4.40 Å².